The Balaban J connectivity index is 1.93. The molecular weight excluding hydrogens is 244 g/mol. The van der Waals surface area contributed by atoms with Gasteiger partial charge in [-0.2, -0.15) is 0 Å². The fourth-order valence-electron chi connectivity index (χ4n) is 2.65. The Morgan fingerprint density at radius 1 is 1.50 bits per heavy atom. The lowest BCUT2D eigenvalue weighted by atomic mass is 9.87. The summed E-state index contributed by atoms with van der Waals surface area (Å²) in [6, 6.07) is 2.05. The Bertz CT molecular complexity index is 539. The molecular formula is C13H18N4S. The lowest BCUT2D eigenvalue weighted by Crippen LogP contribution is -2.43. The first-order valence-corrected chi connectivity index (χ1v) is 7.30. The standard InChI is InChI=1S/C13H18N4S/c1-9-2-4-17(7-10(9)6-14)13-12-11(3-5-18-12)15-8-16-13/h3,5,8-10H,2,4,6-7,14H2,1H3. The van der Waals surface area contributed by atoms with E-state index in [9.17, 15) is 0 Å². The zero-order valence-electron chi connectivity index (χ0n) is 10.5. The molecule has 3 rings (SSSR count). The van der Waals surface area contributed by atoms with Gasteiger partial charge in [-0.15, -0.1) is 11.3 Å². The maximum atomic E-state index is 5.87. The molecule has 1 fully saturated rings. The summed E-state index contributed by atoms with van der Waals surface area (Å²) in [5.74, 6) is 2.37. The molecule has 5 heteroatoms. The van der Waals surface area contributed by atoms with Crippen LogP contribution < -0.4 is 10.6 Å². The van der Waals surface area contributed by atoms with Gasteiger partial charge in [0.25, 0.3) is 0 Å². The normalized spacial score (nSPS) is 24.7. The molecule has 2 aromatic heterocycles. The molecule has 1 saturated heterocycles. The van der Waals surface area contributed by atoms with Crippen LogP contribution in [0.5, 0.6) is 0 Å². The van der Waals surface area contributed by atoms with Crippen molar-refractivity contribution in [1.82, 2.24) is 9.97 Å². The minimum Gasteiger partial charge on any atom is -0.355 e. The first-order valence-electron chi connectivity index (χ1n) is 6.43. The van der Waals surface area contributed by atoms with E-state index in [4.69, 9.17) is 5.73 Å². The van der Waals surface area contributed by atoms with Gasteiger partial charge in [0.15, 0.2) is 0 Å². The highest BCUT2D eigenvalue weighted by Gasteiger charge is 2.26. The van der Waals surface area contributed by atoms with E-state index in [1.807, 2.05) is 0 Å². The van der Waals surface area contributed by atoms with E-state index in [1.165, 1.54) is 11.1 Å². The van der Waals surface area contributed by atoms with Crippen LogP contribution in [0.25, 0.3) is 10.2 Å². The molecule has 18 heavy (non-hydrogen) atoms. The first-order chi connectivity index (χ1) is 8.79. The molecule has 2 atom stereocenters. The highest BCUT2D eigenvalue weighted by Crippen LogP contribution is 2.32. The minimum atomic E-state index is 0.573. The summed E-state index contributed by atoms with van der Waals surface area (Å²) in [5.41, 5.74) is 6.92. The molecule has 0 aromatic carbocycles. The molecule has 96 valence electrons. The monoisotopic (exact) mass is 262 g/mol. The number of hydrogen-bond donors (Lipinski definition) is 1. The van der Waals surface area contributed by atoms with E-state index in [0.29, 0.717) is 11.8 Å². The zero-order valence-corrected chi connectivity index (χ0v) is 11.4. The molecule has 0 spiro atoms. The van der Waals surface area contributed by atoms with Crippen molar-refractivity contribution in [2.75, 3.05) is 24.5 Å². The van der Waals surface area contributed by atoms with E-state index < -0.39 is 0 Å². The summed E-state index contributed by atoms with van der Waals surface area (Å²) in [4.78, 5) is 11.2. The summed E-state index contributed by atoms with van der Waals surface area (Å²) in [6.45, 7) is 5.15. The fourth-order valence-corrected chi connectivity index (χ4v) is 3.51. The molecule has 2 unspecified atom stereocenters. The smallest absolute Gasteiger partial charge is 0.150 e. The van der Waals surface area contributed by atoms with Crippen molar-refractivity contribution < 1.29 is 0 Å². The SMILES string of the molecule is CC1CCN(c2ncnc3ccsc23)CC1CN. The highest BCUT2D eigenvalue weighted by atomic mass is 32.1. The molecule has 4 nitrogen and oxygen atoms in total. The van der Waals surface area contributed by atoms with Gasteiger partial charge in [0.1, 0.15) is 12.1 Å². The Hall–Kier alpha value is -1.20. The maximum absolute atomic E-state index is 5.87. The lowest BCUT2D eigenvalue weighted by molar-refractivity contribution is 0.307. The Morgan fingerprint density at radius 2 is 2.39 bits per heavy atom. The molecule has 0 radical (unpaired) electrons. The number of thiophene rings is 1. The van der Waals surface area contributed by atoms with Crippen molar-refractivity contribution in [3.8, 4) is 0 Å². The second-order valence-corrected chi connectivity index (χ2v) is 5.96. The van der Waals surface area contributed by atoms with Crippen molar-refractivity contribution in [3.63, 3.8) is 0 Å². The Kier molecular flexibility index (Phi) is 3.18. The van der Waals surface area contributed by atoms with Crippen LogP contribution in [0.2, 0.25) is 0 Å². The zero-order chi connectivity index (χ0) is 12.5. The van der Waals surface area contributed by atoms with Crippen molar-refractivity contribution >= 4 is 27.4 Å². The van der Waals surface area contributed by atoms with Gasteiger partial charge in [0.2, 0.25) is 0 Å². The third-order valence-electron chi connectivity index (χ3n) is 3.94. The average molecular weight is 262 g/mol. The van der Waals surface area contributed by atoms with Crippen LogP contribution in [0, 0.1) is 11.8 Å². The number of anilines is 1. The van der Waals surface area contributed by atoms with Gasteiger partial charge >= 0.3 is 0 Å². The summed E-state index contributed by atoms with van der Waals surface area (Å²) < 4.78 is 1.20. The van der Waals surface area contributed by atoms with Crippen LogP contribution >= 0.6 is 11.3 Å². The summed E-state index contributed by atoms with van der Waals surface area (Å²) in [7, 11) is 0. The van der Waals surface area contributed by atoms with Crippen molar-refractivity contribution in [2.24, 2.45) is 17.6 Å². The van der Waals surface area contributed by atoms with Gasteiger partial charge in [-0.1, -0.05) is 6.92 Å². The number of rotatable bonds is 2. The van der Waals surface area contributed by atoms with Crippen molar-refractivity contribution in [1.29, 1.82) is 0 Å². The second kappa shape index (κ2) is 4.82. The van der Waals surface area contributed by atoms with Crippen LogP contribution in [0.4, 0.5) is 5.82 Å². The van der Waals surface area contributed by atoms with E-state index in [-0.39, 0.29) is 0 Å². The predicted molar refractivity (Wildman–Crippen MR) is 76.0 cm³/mol. The largest absolute Gasteiger partial charge is 0.355 e. The van der Waals surface area contributed by atoms with Crippen molar-refractivity contribution in [2.45, 2.75) is 13.3 Å². The summed E-state index contributed by atoms with van der Waals surface area (Å²) in [6.07, 6.45) is 2.86. The molecule has 2 N–H and O–H groups in total. The Labute approximate surface area is 111 Å². The van der Waals surface area contributed by atoms with Gasteiger partial charge in [-0.25, -0.2) is 9.97 Å². The van der Waals surface area contributed by atoms with Gasteiger partial charge < -0.3 is 10.6 Å². The summed E-state index contributed by atoms with van der Waals surface area (Å²) in [5, 5.41) is 2.08. The van der Waals surface area contributed by atoms with Crippen LogP contribution in [0.15, 0.2) is 17.8 Å². The van der Waals surface area contributed by atoms with Crippen LogP contribution in [-0.2, 0) is 0 Å². The molecule has 1 aliphatic rings. The molecule has 1 aliphatic heterocycles. The van der Waals surface area contributed by atoms with Gasteiger partial charge in [0.05, 0.1) is 10.2 Å². The predicted octanol–water partition coefficient (Wildman–Crippen LogP) is 2.11. The first kappa shape index (κ1) is 11.9. The van der Waals surface area contributed by atoms with E-state index in [2.05, 4.69) is 33.2 Å². The minimum absolute atomic E-state index is 0.573. The Morgan fingerprint density at radius 3 is 3.22 bits per heavy atom. The lowest BCUT2D eigenvalue weighted by Gasteiger charge is -2.37. The molecule has 2 aromatic rings. The number of fused-ring (bicyclic) bond motifs is 1. The number of piperidine rings is 1. The van der Waals surface area contributed by atoms with Gasteiger partial charge in [0, 0.05) is 13.1 Å². The molecule has 0 saturated carbocycles. The topological polar surface area (TPSA) is 55.0 Å². The molecule has 3 heterocycles. The number of nitrogens with zero attached hydrogens (tertiary/aromatic N) is 3. The molecule has 0 bridgehead atoms. The van der Waals surface area contributed by atoms with E-state index >= 15 is 0 Å². The average Bonchev–Trinajstić information content (AvgIpc) is 2.87. The number of aromatic nitrogens is 2. The van der Waals surface area contributed by atoms with Gasteiger partial charge in [-0.3, -0.25) is 0 Å². The number of hydrogen-bond acceptors (Lipinski definition) is 5. The molecule has 0 aliphatic carbocycles. The van der Waals surface area contributed by atoms with E-state index in [0.717, 1.165) is 31.0 Å². The number of nitrogens with two attached hydrogens (primary N) is 1. The van der Waals surface area contributed by atoms with Gasteiger partial charge in [-0.05, 0) is 36.2 Å². The molecule has 0 amide bonds. The fraction of sp³-hybridized carbons (Fsp3) is 0.538. The van der Waals surface area contributed by atoms with Crippen LogP contribution in [-0.4, -0.2) is 29.6 Å². The third kappa shape index (κ3) is 1.97. The van der Waals surface area contributed by atoms with Crippen molar-refractivity contribution in [3.05, 3.63) is 17.8 Å². The van der Waals surface area contributed by atoms with Crippen LogP contribution in [0.3, 0.4) is 0 Å². The van der Waals surface area contributed by atoms with Crippen LogP contribution in [0.1, 0.15) is 13.3 Å². The quantitative estimate of drug-likeness (QED) is 0.900. The van der Waals surface area contributed by atoms with E-state index in [1.54, 1.807) is 17.7 Å². The maximum Gasteiger partial charge on any atom is 0.150 e. The highest BCUT2D eigenvalue weighted by molar-refractivity contribution is 7.17. The third-order valence-corrected chi connectivity index (χ3v) is 4.84. The second-order valence-electron chi connectivity index (χ2n) is 5.04. The summed E-state index contributed by atoms with van der Waals surface area (Å²) >= 11 is 1.72.